The average Bonchev–Trinajstić information content (AvgIpc) is 2.46. The minimum atomic E-state index is 0. The van der Waals surface area contributed by atoms with Crippen molar-refractivity contribution >= 4 is 35.6 Å². The molecule has 0 spiro atoms. The van der Waals surface area contributed by atoms with Gasteiger partial charge in [0.2, 0.25) is 0 Å². The highest BCUT2D eigenvalue weighted by atomic mass is 127. The number of anilines is 1. The van der Waals surface area contributed by atoms with E-state index < -0.39 is 0 Å². The second kappa shape index (κ2) is 8.46. The number of nitrogens with one attached hydrogen (secondary N) is 1. The zero-order valence-electron chi connectivity index (χ0n) is 12.0. The first-order valence-corrected chi connectivity index (χ1v) is 6.31. The number of aliphatic imine (C=N–C) groups is 1. The highest BCUT2D eigenvalue weighted by Gasteiger charge is 1.97. The summed E-state index contributed by atoms with van der Waals surface area (Å²) in [6.45, 7) is 2.41. The van der Waals surface area contributed by atoms with Gasteiger partial charge in [0.15, 0.2) is 5.96 Å². The summed E-state index contributed by atoms with van der Waals surface area (Å²) in [7, 11) is 1.63. The fraction of sp³-hybridized carbons (Fsp3) is 0.200. The molecular weight excluding hydrogens is 379 g/mol. The molecule has 21 heavy (non-hydrogen) atoms. The van der Waals surface area contributed by atoms with Gasteiger partial charge in [0.25, 0.3) is 0 Å². The molecule has 0 aliphatic heterocycles. The number of nitrogens with zero attached hydrogens (tertiary/aromatic N) is 2. The molecule has 0 fully saturated rings. The van der Waals surface area contributed by atoms with Gasteiger partial charge in [-0.2, -0.15) is 0 Å². The minimum absolute atomic E-state index is 0. The lowest BCUT2D eigenvalue weighted by Crippen LogP contribution is -2.22. The lowest BCUT2D eigenvalue weighted by molar-refractivity contribution is 0.415. The molecule has 1 heterocycles. The predicted octanol–water partition coefficient (Wildman–Crippen LogP) is 2.94. The number of rotatable bonds is 4. The number of aromatic nitrogens is 1. The molecule has 0 unspecified atom stereocenters. The van der Waals surface area contributed by atoms with Crippen LogP contribution in [0.15, 0.2) is 47.5 Å². The summed E-state index contributed by atoms with van der Waals surface area (Å²) in [5.41, 5.74) is 8.57. The Bertz CT molecular complexity index is 599. The van der Waals surface area contributed by atoms with Gasteiger partial charge in [-0.3, -0.25) is 4.98 Å². The summed E-state index contributed by atoms with van der Waals surface area (Å²) in [5, 5.41) is 3.02. The summed E-state index contributed by atoms with van der Waals surface area (Å²) in [4.78, 5) is 8.63. The van der Waals surface area contributed by atoms with Crippen LogP contribution in [0.1, 0.15) is 11.4 Å². The van der Waals surface area contributed by atoms with E-state index in [0.29, 0.717) is 12.5 Å². The fourth-order valence-electron chi connectivity index (χ4n) is 1.72. The SMILES string of the molecule is COc1ccc(NC(N)=NCc2cccc(C)n2)cc1.I. The second-order valence-corrected chi connectivity index (χ2v) is 4.33. The number of guanidine groups is 1. The third-order valence-electron chi connectivity index (χ3n) is 2.72. The normalized spacial score (nSPS) is 10.7. The van der Waals surface area contributed by atoms with E-state index in [-0.39, 0.29) is 24.0 Å². The van der Waals surface area contributed by atoms with Crippen LogP contribution in [-0.4, -0.2) is 18.1 Å². The van der Waals surface area contributed by atoms with Crippen molar-refractivity contribution in [2.75, 3.05) is 12.4 Å². The van der Waals surface area contributed by atoms with Gasteiger partial charge in [0.05, 0.1) is 19.3 Å². The molecule has 0 amide bonds. The van der Waals surface area contributed by atoms with E-state index in [2.05, 4.69) is 15.3 Å². The number of benzene rings is 1. The zero-order chi connectivity index (χ0) is 14.4. The Morgan fingerprint density at radius 2 is 1.95 bits per heavy atom. The lowest BCUT2D eigenvalue weighted by atomic mass is 10.3. The Balaban J connectivity index is 0.00000220. The number of pyridine rings is 1. The number of hydrogen-bond donors (Lipinski definition) is 2. The first kappa shape index (κ1) is 17.2. The van der Waals surface area contributed by atoms with Crippen molar-refractivity contribution in [2.45, 2.75) is 13.5 Å². The maximum Gasteiger partial charge on any atom is 0.193 e. The molecule has 0 bridgehead atoms. The van der Waals surface area contributed by atoms with Crippen LogP contribution >= 0.6 is 24.0 Å². The number of methoxy groups -OCH3 is 1. The highest BCUT2D eigenvalue weighted by molar-refractivity contribution is 14.0. The molecule has 1 aromatic carbocycles. The van der Waals surface area contributed by atoms with E-state index in [0.717, 1.165) is 22.8 Å². The zero-order valence-corrected chi connectivity index (χ0v) is 14.4. The molecule has 2 rings (SSSR count). The van der Waals surface area contributed by atoms with E-state index >= 15 is 0 Å². The number of halogens is 1. The van der Waals surface area contributed by atoms with Crippen molar-refractivity contribution in [3.05, 3.63) is 53.9 Å². The summed E-state index contributed by atoms with van der Waals surface area (Å²) in [6.07, 6.45) is 0. The highest BCUT2D eigenvalue weighted by Crippen LogP contribution is 2.14. The van der Waals surface area contributed by atoms with Crippen molar-refractivity contribution in [3.8, 4) is 5.75 Å². The smallest absolute Gasteiger partial charge is 0.193 e. The van der Waals surface area contributed by atoms with Crippen molar-refractivity contribution in [1.29, 1.82) is 0 Å². The lowest BCUT2D eigenvalue weighted by Gasteiger charge is -2.06. The maximum absolute atomic E-state index is 5.84. The Hall–Kier alpha value is -1.83. The molecule has 0 aliphatic rings. The molecule has 0 saturated carbocycles. The summed E-state index contributed by atoms with van der Waals surface area (Å²) in [6, 6.07) is 13.3. The Morgan fingerprint density at radius 1 is 1.24 bits per heavy atom. The molecule has 1 aromatic heterocycles. The molecule has 112 valence electrons. The van der Waals surface area contributed by atoms with Gasteiger partial charge in [0.1, 0.15) is 5.75 Å². The molecular formula is C15H19IN4O. The molecule has 0 atom stereocenters. The molecule has 0 saturated heterocycles. The van der Waals surface area contributed by atoms with Crippen LogP contribution in [0.5, 0.6) is 5.75 Å². The van der Waals surface area contributed by atoms with Crippen molar-refractivity contribution in [3.63, 3.8) is 0 Å². The largest absolute Gasteiger partial charge is 0.497 e. The second-order valence-electron chi connectivity index (χ2n) is 4.33. The van der Waals surface area contributed by atoms with Crippen LogP contribution in [0.25, 0.3) is 0 Å². The Labute approximate surface area is 141 Å². The van der Waals surface area contributed by atoms with Gasteiger partial charge in [-0.05, 0) is 43.3 Å². The van der Waals surface area contributed by atoms with Gasteiger partial charge in [-0.25, -0.2) is 4.99 Å². The first-order chi connectivity index (χ1) is 9.67. The van der Waals surface area contributed by atoms with E-state index in [1.54, 1.807) is 7.11 Å². The van der Waals surface area contributed by atoms with Gasteiger partial charge < -0.3 is 15.8 Å². The van der Waals surface area contributed by atoms with E-state index in [9.17, 15) is 0 Å². The number of nitrogens with two attached hydrogens (primary N) is 1. The van der Waals surface area contributed by atoms with E-state index in [1.165, 1.54) is 0 Å². The van der Waals surface area contributed by atoms with E-state index in [4.69, 9.17) is 10.5 Å². The van der Waals surface area contributed by atoms with Crippen molar-refractivity contribution in [2.24, 2.45) is 10.7 Å². The number of hydrogen-bond acceptors (Lipinski definition) is 3. The van der Waals surface area contributed by atoms with Crippen LogP contribution in [0.3, 0.4) is 0 Å². The summed E-state index contributed by atoms with van der Waals surface area (Å²) in [5.74, 6) is 1.16. The summed E-state index contributed by atoms with van der Waals surface area (Å²) < 4.78 is 5.09. The predicted molar refractivity (Wildman–Crippen MR) is 96.3 cm³/mol. The number of aryl methyl sites for hydroxylation is 1. The van der Waals surface area contributed by atoms with Gasteiger partial charge >= 0.3 is 0 Å². The third kappa shape index (κ3) is 5.58. The van der Waals surface area contributed by atoms with Crippen LogP contribution in [0, 0.1) is 6.92 Å². The Morgan fingerprint density at radius 3 is 2.57 bits per heavy atom. The third-order valence-corrected chi connectivity index (χ3v) is 2.72. The van der Waals surface area contributed by atoms with Gasteiger partial charge in [0, 0.05) is 11.4 Å². The maximum atomic E-state index is 5.84. The van der Waals surface area contributed by atoms with Crippen LogP contribution < -0.4 is 15.8 Å². The topological polar surface area (TPSA) is 72.5 Å². The van der Waals surface area contributed by atoms with Crippen molar-refractivity contribution < 1.29 is 4.74 Å². The quantitative estimate of drug-likeness (QED) is 0.472. The standard InChI is InChI=1S/C15H18N4O.HI/c1-11-4-3-5-13(18-11)10-17-15(16)19-12-6-8-14(20-2)9-7-12;/h3-9H,10H2,1-2H3,(H3,16,17,19);1H. The molecule has 0 radical (unpaired) electrons. The summed E-state index contributed by atoms with van der Waals surface area (Å²) >= 11 is 0. The fourth-order valence-corrected chi connectivity index (χ4v) is 1.72. The molecule has 0 aliphatic carbocycles. The number of ether oxygens (including phenoxy) is 1. The molecule has 5 nitrogen and oxygen atoms in total. The minimum Gasteiger partial charge on any atom is -0.497 e. The first-order valence-electron chi connectivity index (χ1n) is 6.31. The van der Waals surface area contributed by atoms with E-state index in [1.807, 2.05) is 49.4 Å². The van der Waals surface area contributed by atoms with Crippen LogP contribution in [0.2, 0.25) is 0 Å². The van der Waals surface area contributed by atoms with Crippen LogP contribution in [-0.2, 0) is 6.54 Å². The average molecular weight is 398 g/mol. The molecule has 2 aromatic rings. The van der Waals surface area contributed by atoms with Crippen molar-refractivity contribution in [1.82, 2.24) is 4.98 Å². The molecule has 3 N–H and O–H groups in total. The molecule has 6 heteroatoms. The monoisotopic (exact) mass is 398 g/mol. The van der Waals surface area contributed by atoms with Gasteiger partial charge in [-0.1, -0.05) is 6.07 Å². The Kier molecular flexibility index (Phi) is 6.93. The van der Waals surface area contributed by atoms with Gasteiger partial charge in [-0.15, -0.1) is 24.0 Å². The van der Waals surface area contributed by atoms with Crippen LogP contribution in [0.4, 0.5) is 5.69 Å².